The molecular weight excluding hydrogens is 296 g/mol. The minimum absolute atomic E-state index is 0.0698. The van der Waals surface area contributed by atoms with Crippen LogP contribution in [0.1, 0.15) is 5.56 Å². The van der Waals surface area contributed by atoms with Gasteiger partial charge < -0.3 is 10.0 Å². The van der Waals surface area contributed by atoms with E-state index in [9.17, 15) is 4.79 Å². The van der Waals surface area contributed by atoms with Crippen LogP contribution in [0.2, 0.25) is 0 Å². The zero-order valence-electron chi connectivity index (χ0n) is 10.8. The highest BCUT2D eigenvalue weighted by atomic mass is 79.9. The van der Waals surface area contributed by atoms with Crippen LogP contribution in [0.3, 0.4) is 0 Å². The Bertz CT molecular complexity index is 396. The van der Waals surface area contributed by atoms with Gasteiger partial charge in [-0.25, -0.2) is 0 Å². The minimum atomic E-state index is -0.788. The van der Waals surface area contributed by atoms with Gasteiger partial charge in [0.05, 0.1) is 6.54 Å². The molecule has 1 rings (SSSR count). The van der Waals surface area contributed by atoms with Crippen LogP contribution in [0.5, 0.6) is 0 Å². The van der Waals surface area contributed by atoms with Crippen molar-refractivity contribution in [1.82, 2.24) is 9.80 Å². The molecule has 0 spiro atoms. The Kier molecular flexibility index (Phi) is 6.32. The topological polar surface area (TPSA) is 43.8 Å². The molecule has 18 heavy (non-hydrogen) atoms. The fraction of sp³-hybridized carbons (Fsp3) is 0.462. The average molecular weight is 315 g/mol. The van der Waals surface area contributed by atoms with Crippen molar-refractivity contribution >= 4 is 21.9 Å². The zero-order valence-corrected chi connectivity index (χ0v) is 12.4. The summed E-state index contributed by atoms with van der Waals surface area (Å²) in [4.78, 5) is 14.8. The molecule has 1 aromatic rings. The summed E-state index contributed by atoms with van der Waals surface area (Å²) in [6, 6.07) is 7.95. The molecule has 0 aromatic heterocycles. The number of hydrogen-bond acceptors (Lipinski definition) is 3. The second kappa shape index (κ2) is 7.51. The van der Waals surface area contributed by atoms with Crippen molar-refractivity contribution < 1.29 is 9.90 Å². The molecule has 0 radical (unpaired) electrons. The predicted molar refractivity (Wildman–Crippen MR) is 75.6 cm³/mol. The number of nitrogens with zero attached hydrogens (tertiary/aromatic N) is 2. The quantitative estimate of drug-likeness (QED) is 0.835. The van der Waals surface area contributed by atoms with Crippen molar-refractivity contribution in [3.8, 4) is 0 Å². The standard InChI is InChI=1S/C13H19BrN2O2/c1-15(2)6-7-16(10-13(17)18)9-11-4-3-5-12(14)8-11/h3-5,8H,6-7,9-10H2,1-2H3,(H,17,18). The van der Waals surface area contributed by atoms with Crippen molar-refractivity contribution in [3.63, 3.8) is 0 Å². The van der Waals surface area contributed by atoms with Gasteiger partial charge in [-0.05, 0) is 31.8 Å². The summed E-state index contributed by atoms with van der Waals surface area (Å²) < 4.78 is 1.02. The van der Waals surface area contributed by atoms with E-state index >= 15 is 0 Å². The Morgan fingerprint density at radius 3 is 2.61 bits per heavy atom. The largest absolute Gasteiger partial charge is 0.480 e. The Morgan fingerprint density at radius 1 is 1.33 bits per heavy atom. The maximum atomic E-state index is 10.8. The molecule has 5 heteroatoms. The van der Waals surface area contributed by atoms with Gasteiger partial charge >= 0.3 is 5.97 Å². The summed E-state index contributed by atoms with van der Waals surface area (Å²) in [5, 5.41) is 8.92. The molecule has 4 nitrogen and oxygen atoms in total. The molecule has 0 aliphatic heterocycles. The molecule has 0 saturated carbocycles. The van der Waals surface area contributed by atoms with Crippen LogP contribution >= 0.6 is 15.9 Å². The summed E-state index contributed by atoms with van der Waals surface area (Å²) >= 11 is 3.42. The summed E-state index contributed by atoms with van der Waals surface area (Å²) in [7, 11) is 3.97. The van der Waals surface area contributed by atoms with Crippen LogP contribution in [0.15, 0.2) is 28.7 Å². The van der Waals surface area contributed by atoms with Gasteiger partial charge in [-0.1, -0.05) is 28.1 Å². The first-order valence-corrected chi connectivity index (χ1v) is 6.60. The van der Waals surface area contributed by atoms with E-state index < -0.39 is 5.97 Å². The van der Waals surface area contributed by atoms with Crippen LogP contribution in [0.4, 0.5) is 0 Å². The molecule has 100 valence electrons. The van der Waals surface area contributed by atoms with E-state index in [1.54, 1.807) is 0 Å². The lowest BCUT2D eigenvalue weighted by molar-refractivity contribution is -0.138. The third-order valence-corrected chi connectivity index (χ3v) is 3.01. The van der Waals surface area contributed by atoms with Crippen molar-refractivity contribution in [1.29, 1.82) is 0 Å². The average Bonchev–Trinajstić information content (AvgIpc) is 2.25. The Balaban J connectivity index is 2.62. The van der Waals surface area contributed by atoms with E-state index in [-0.39, 0.29) is 6.54 Å². The first-order valence-electron chi connectivity index (χ1n) is 5.80. The van der Waals surface area contributed by atoms with Crippen molar-refractivity contribution in [2.24, 2.45) is 0 Å². The monoisotopic (exact) mass is 314 g/mol. The lowest BCUT2D eigenvalue weighted by Gasteiger charge is -2.22. The minimum Gasteiger partial charge on any atom is -0.480 e. The van der Waals surface area contributed by atoms with E-state index in [0.717, 1.165) is 23.1 Å². The van der Waals surface area contributed by atoms with Crippen molar-refractivity contribution in [2.75, 3.05) is 33.7 Å². The second-order valence-corrected chi connectivity index (χ2v) is 5.45. The van der Waals surface area contributed by atoms with E-state index in [4.69, 9.17) is 5.11 Å². The van der Waals surface area contributed by atoms with Gasteiger partial charge in [-0.15, -0.1) is 0 Å². The first kappa shape index (κ1) is 15.1. The number of likely N-dealkylation sites (N-methyl/N-ethyl adjacent to an activating group) is 1. The number of rotatable bonds is 7. The molecule has 0 atom stereocenters. The van der Waals surface area contributed by atoms with Crippen molar-refractivity contribution in [2.45, 2.75) is 6.54 Å². The van der Waals surface area contributed by atoms with Crippen LogP contribution in [0.25, 0.3) is 0 Å². The smallest absolute Gasteiger partial charge is 0.317 e. The lowest BCUT2D eigenvalue weighted by Crippen LogP contribution is -2.35. The maximum Gasteiger partial charge on any atom is 0.317 e. The first-order chi connectivity index (χ1) is 8.47. The fourth-order valence-electron chi connectivity index (χ4n) is 1.64. The van der Waals surface area contributed by atoms with Crippen LogP contribution < -0.4 is 0 Å². The van der Waals surface area contributed by atoms with Gasteiger partial charge in [0, 0.05) is 24.1 Å². The Hall–Kier alpha value is -0.910. The van der Waals surface area contributed by atoms with E-state index in [1.807, 2.05) is 43.3 Å². The number of hydrogen-bond donors (Lipinski definition) is 1. The van der Waals surface area contributed by atoms with Gasteiger partial charge in [0.2, 0.25) is 0 Å². The zero-order chi connectivity index (χ0) is 13.5. The summed E-state index contributed by atoms with van der Waals surface area (Å²) in [5.74, 6) is -0.788. The number of halogens is 1. The molecule has 0 unspecified atom stereocenters. The van der Waals surface area contributed by atoms with Gasteiger partial charge in [0.1, 0.15) is 0 Å². The highest BCUT2D eigenvalue weighted by Crippen LogP contribution is 2.13. The van der Waals surface area contributed by atoms with Gasteiger partial charge in [-0.2, -0.15) is 0 Å². The summed E-state index contributed by atoms with van der Waals surface area (Å²) in [6.45, 7) is 2.31. The number of benzene rings is 1. The van der Waals surface area contributed by atoms with Crippen LogP contribution in [0, 0.1) is 0 Å². The van der Waals surface area contributed by atoms with Gasteiger partial charge in [0.25, 0.3) is 0 Å². The van der Waals surface area contributed by atoms with E-state index in [0.29, 0.717) is 6.54 Å². The van der Waals surface area contributed by atoms with Crippen LogP contribution in [-0.4, -0.2) is 54.6 Å². The van der Waals surface area contributed by atoms with Crippen molar-refractivity contribution in [3.05, 3.63) is 34.3 Å². The third-order valence-electron chi connectivity index (χ3n) is 2.52. The van der Waals surface area contributed by atoms with Gasteiger partial charge in [0.15, 0.2) is 0 Å². The summed E-state index contributed by atoms with van der Waals surface area (Å²) in [5.41, 5.74) is 1.12. The highest BCUT2D eigenvalue weighted by Gasteiger charge is 2.10. The second-order valence-electron chi connectivity index (χ2n) is 4.54. The maximum absolute atomic E-state index is 10.8. The fourth-order valence-corrected chi connectivity index (χ4v) is 2.09. The molecular formula is C13H19BrN2O2. The molecule has 0 aliphatic rings. The summed E-state index contributed by atoms with van der Waals surface area (Å²) in [6.07, 6.45) is 0. The number of aliphatic carboxylic acids is 1. The Morgan fingerprint density at radius 2 is 2.06 bits per heavy atom. The third kappa shape index (κ3) is 6.14. The molecule has 0 heterocycles. The molecule has 0 saturated heterocycles. The molecule has 0 amide bonds. The van der Waals surface area contributed by atoms with Crippen LogP contribution in [-0.2, 0) is 11.3 Å². The molecule has 0 bridgehead atoms. The lowest BCUT2D eigenvalue weighted by atomic mass is 10.2. The van der Waals surface area contributed by atoms with E-state index in [2.05, 4.69) is 20.8 Å². The number of carboxylic acid groups (broad SMARTS) is 1. The number of carboxylic acids is 1. The SMILES string of the molecule is CN(C)CCN(CC(=O)O)Cc1cccc(Br)c1. The molecule has 1 aromatic carbocycles. The molecule has 0 aliphatic carbocycles. The Labute approximate surface area is 116 Å². The normalized spacial score (nSPS) is 11.2. The molecule has 0 fully saturated rings. The van der Waals surface area contributed by atoms with E-state index in [1.165, 1.54) is 0 Å². The van der Waals surface area contributed by atoms with Gasteiger partial charge in [-0.3, -0.25) is 9.69 Å². The number of carbonyl (C=O) groups is 1. The molecule has 1 N–H and O–H groups in total. The highest BCUT2D eigenvalue weighted by molar-refractivity contribution is 9.10. The predicted octanol–water partition coefficient (Wildman–Crippen LogP) is 1.90.